The summed E-state index contributed by atoms with van der Waals surface area (Å²) in [6.45, 7) is 16.5. The first-order valence-corrected chi connectivity index (χ1v) is 23.5. The third kappa shape index (κ3) is 7.46. The minimum absolute atomic E-state index is 0.119. The number of imide groups is 2. The van der Waals surface area contributed by atoms with Gasteiger partial charge in [0.25, 0.3) is 11.8 Å². The average Bonchev–Trinajstić information content (AvgIpc) is 3.85. The molecule has 6 amide bonds. The van der Waals surface area contributed by atoms with Gasteiger partial charge in [-0.05, 0) is 119 Å². The first kappa shape index (κ1) is 40.8. The van der Waals surface area contributed by atoms with Gasteiger partial charge >= 0.3 is 0 Å². The molecule has 2 bridgehead atoms. The van der Waals surface area contributed by atoms with E-state index in [4.69, 9.17) is 19.5 Å². The SMILES string of the molecule is [2H]C1(N2C(=O)c3ccc(N4CCC(CN5CCN(C(=O)C67CCC(C(=O)N8CCC9(CC8)CCN(c8ccc([N+]#[C-])c(Cl)c8)C9)(CC6)CC7)CC5)CC4)cc3C2=O)CCC(=O)NC1=O. The largest absolute Gasteiger partial charge is 0.371 e. The van der Waals surface area contributed by atoms with Crippen LogP contribution in [0.4, 0.5) is 17.1 Å². The number of likely N-dealkylation sites (tertiary alicyclic amines) is 1. The van der Waals surface area contributed by atoms with E-state index in [1.807, 2.05) is 18.2 Å². The number of amides is 6. The highest BCUT2D eigenvalue weighted by Crippen LogP contribution is 2.59. The van der Waals surface area contributed by atoms with E-state index in [-0.39, 0.29) is 40.2 Å². The van der Waals surface area contributed by atoms with Crippen molar-refractivity contribution in [2.75, 3.05) is 81.8 Å². The van der Waals surface area contributed by atoms with Crippen LogP contribution in [0, 0.1) is 28.7 Å². The van der Waals surface area contributed by atoms with Crippen LogP contribution >= 0.6 is 11.6 Å². The van der Waals surface area contributed by atoms with Crippen LogP contribution in [0.25, 0.3) is 4.85 Å². The molecule has 8 fully saturated rings. The van der Waals surface area contributed by atoms with Crippen molar-refractivity contribution in [2.45, 2.75) is 89.5 Å². The van der Waals surface area contributed by atoms with E-state index in [1.165, 1.54) is 0 Å². The fraction of sp³-hybridized carbons (Fsp3) is 0.604. The van der Waals surface area contributed by atoms with Crippen LogP contribution in [-0.4, -0.2) is 133 Å². The molecule has 9 aliphatic rings. The molecule has 6 aliphatic heterocycles. The molecular weight excluding hydrogens is 820 g/mol. The molecule has 1 spiro atoms. The van der Waals surface area contributed by atoms with Crippen molar-refractivity contribution in [3.63, 3.8) is 0 Å². The third-order valence-corrected chi connectivity index (χ3v) is 16.8. The Morgan fingerprint density at radius 3 is 1.92 bits per heavy atom. The molecule has 1 unspecified atom stereocenters. The molecule has 3 saturated carbocycles. The van der Waals surface area contributed by atoms with Gasteiger partial charge in [0.1, 0.15) is 6.02 Å². The van der Waals surface area contributed by atoms with E-state index in [0.29, 0.717) is 33.3 Å². The summed E-state index contributed by atoms with van der Waals surface area (Å²) in [5, 5.41) is 2.60. The molecular formula is C48H57ClN8O6. The topological polar surface area (TPSA) is 138 Å². The van der Waals surface area contributed by atoms with Crippen molar-refractivity contribution in [2.24, 2.45) is 22.2 Å². The lowest BCUT2D eigenvalue weighted by molar-refractivity contribution is -0.165. The molecule has 3 aliphatic carbocycles. The number of halogens is 1. The fourth-order valence-electron chi connectivity index (χ4n) is 12.4. The van der Waals surface area contributed by atoms with Crippen molar-refractivity contribution >= 4 is 64.1 Å². The zero-order valence-corrected chi connectivity index (χ0v) is 36.7. The molecule has 0 radical (unpaired) electrons. The minimum Gasteiger partial charge on any atom is -0.371 e. The van der Waals surface area contributed by atoms with Gasteiger partial charge in [-0.2, -0.15) is 0 Å². The molecule has 6 heterocycles. The Balaban J connectivity index is 0.666. The van der Waals surface area contributed by atoms with Gasteiger partial charge in [-0.25, -0.2) is 4.85 Å². The lowest BCUT2D eigenvalue weighted by Crippen LogP contribution is -2.59. The second-order valence-corrected chi connectivity index (χ2v) is 20.2. The van der Waals surface area contributed by atoms with Gasteiger partial charge in [-0.15, -0.1) is 0 Å². The van der Waals surface area contributed by atoms with Crippen LogP contribution in [0.5, 0.6) is 0 Å². The Labute approximate surface area is 375 Å². The fourth-order valence-corrected chi connectivity index (χ4v) is 12.6. The third-order valence-electron chi connectivity index (χ3n) is 16.5. The Kier molecular flexibility index (Phi) is 10.5. The van der Waals surface area contributed by atoms with Gasteiger partial charge in [0.05, 0.1) is 19.1 Å². The van der Waals surface area contributed by atoms with E-state index in [1.54, 1.807) is 18.2 Å². The van der Waals surface area contributed by atoms with E-state index in [0.717, 1.165) is 154 Å². The minimum atomic E-state index is -2.16. The van der Waals surface area contributed by atoms with E-state index < -0.39 is 29.6 Å². The second-order valence-electron chi connectivity index (χ2n) is 19.8. The maximum absolute atomic E-state index is 14.3. The number of nitrogens with one attached hydrogen (secondary N) is 1. The Morgan fingerprint density at radius 2 is 1.30 bits per heavy atom. The van der Waals surface area contributed by atoms with Crippen molar-refractivity contribution in [3.05, 3.63) is 64.0 Å². The number of carbonyl (C=O) groups excluding carboxylic acids is 6. The number of piperidine rings is 3. The summed E-state index contributed by atoms with van der Waals surface area (Å²) in [7, 11) is 0. The molecule has 1 atom stereocenters. The van der Waals surface area contributed by atoms with Gasteiger partial charge in [0, 0.05) is 106 Å². The summed E-state index contributed by atoms with van der Waals surface area (Å²) in [5.41, 5.74) is 2.25. The maximum atomic E-state index is 14.3. The van der Waals surface area contributed by atoms with Gasteiger partial charge in [-0.1, -0.05) is 17.7 Å². The second kappa shape index (κ2) is 16.2. The Bertz CT molecular complexity index is 2320. The van der Waals surface area contributed by atoms with Crippen LogP contribution in [-0.2, 0) is 19.2 Å². The number of piperazine rings is 1. The number of hydrogen-bond donors (Lipinski definition) is 1. The average molecular weight is 878 g/mol. The molecule has 15 heteroatoms. The van der Waals surface area contributed by atoms with E-state index >= 15 is 0 Å². The molecule has 332 valence electrons. The standard InChI is InChI=1S/C48H57ClN8O6/c1-50-38-5-3-34(29-37(38)49)56-23-18-46(31-56)16-21-54(22-17-46)44(62)47-10-13-48(14-11-47,15-12-47)45(63)55-26-24-52(25-27-55)30-32-8-19-53(20-9-32)33-2-4-35-36(28-33)43(61)57(42(35)60)39-6-7-40(58)51-41(39)59/h2-5,28-29,32,39H,6-27,30-31H2,(H,51,58,59)/i39D. The van der Waals surface area contributed by atoms with Crippen LogP contribution < -0.4 is 15.1 Å². The zero-order valence-electron chi connectivity index (χ0n) is 37.0. The Morgan fingerprint density at radius 1 is 0.714 bits per heavy atom. The normalized spacial score (nSPS) is 30.2. The monoisotopic (exact) mass is 877 g/mol. The zero-order chi connectivity index (χ0) is 44.6. The predicted octanol–water partition coefficient (Wildman–Crippen LogP) is 5.51. The van der Waals surface area contributed by atoms with Crippen LogP contribution in [0.15, 0.2) is 36.4 Å². The molecule has 11 rings (SSSR count). The summed E-state index contributed by atoms with van der Waals surface area (Å²) in [4.78, 5) is 95.1. The number of benzene rings is 2. The molecule has 2 aromatic carbocycles. The highest BCUT2D eigenvalue weighted by Gasteiger charge is 2.58. The lowest BCUT2D eigenvalue weighted by Gasteiger charge is -2.54. The molecule has 63 heavy (non-hydrogen) atoms. The number of nitrogens with zero attached hydrogens (tertiary/aromatic N) is 7. The van der Waals surface area contributed by atoms with Gasteiger partial charge < -0.3 is 19.6 Å². The number of anilines is 2. The van der Waals surface area contributed by atoms with Gasteiger partial charge in [0.15, 0.2) is 0 Å². The Hall–Kier alpha value is -5.00. The van der Waals surface area contributed by atoms with Crippen LogP contribution in [0.2, 0.25) is 5.02 Å². The summed E-state index contributed by atoms with van der Waals surface area (Å²) in [6, 6.07) is 8.68. The molecule has 1 N–H and O–H groups in total. The summed E-state index contributed by atoms with van der Waals surface area (Å²) in [5.74, 6) is -1.74. The van der Waals surface area contributed by atoms with Crippen molar-refractivity contribution < 1.29 is 30.1 Å². The number of carbonyl (C=O) groups is 6. The lowest BCUT2D eigenvalue weighted by atomic mass is 9.52. The molecule has 0 aromatic heterocycles. The van der Waals surface area contributed by atoms with Crippen LogP contribution in [0.1, 0.15) is 106 Å². The number of rotatable bonds is 7. The smallest absolute Gasteiger partial charge is 0.262 e. The number of hydrogen-bond acceptors (Lipinski definition) is 9. The summed E-state index contributed by atoms with van der Waals surface area (Å²) < 4.78 is 8.69. The van der Waals surface area contributed by atoms with Crippen molar-refractivity contribution in [1.29, 1.82) is 0 Å². The first-order valence-electron chi connectivity index (χ1n) is 23.6. The van der Waals surface area contributed by atoms with Gasteiger partial charge in [-0.3, -0.25) is 43.9 Å². The summed E-state index contributed by atoms with van der Waals surface area (Å²) in [6.07, 6.45) is 9.50. The maximum Gasteiger partial charge on any atom is 0.262 e. The van der Waals surface area contributed by atoms with Crippen molar-refractivity contribution in [3.8, 4) is 0 Å². The molecule has 5 saturated heterocycles. The number of fused-ring (bicyclic) bond motifs is 4. The first-order chi connectivity index (χ1) is 30.7. The molecule has 2 aromatic rings. The molecule has 14 nitrogen and oxygen atoms in total. The van der Waals surface area contributed by atoms with E-state index in [2.05, 4.69) is 34.7 Å². The quantitative estimate of drug-likeness (QED) is 0.282. The summed E-state index contributed by atoms with van der Waals surface area (Å²) >= 11 is 6.36. The highest BCUT2D eigenvalue weighted by atomic mass is 35.5. The van der Waals surface area contributed by atoms with Crippen LogP contribution in [0.3, 0.4) is 0 Å². The predicted molar refractivity (Wildman–Crippen MR) is 236 cm³/mol. The van der Waals surface area contributed by atoms with Gasteiger partial charge in [0.2, 0.25) is 29.3 Å². The highest BCUT2D eigenvalue weighted by molar-refractivity contribution is 6.33. The van der Waals surface area contributed by atoms with E-state index in [9.17, 15) is 28.8 Å². The van der Waals surface area contributed by atoms with Crippen molar-refractivity contribution in [1.82, 2.24) is 24.9 Å².